The Bertz CT molecular complexity index is 568. The number of Topliss-reactive ketones (excluding diaryl/α,β-unsaturated/α-hetero) is 1. The van der Waals surface area contributed by atoms with Crippen LogP contribution in [0.1, 0.15) is 30.0 Å². The Hall–Kier alpha value is -0.910. The maximum atomic E-state index is 12.2. The van der Waals surface area contributed by atoms with Crippen LogP contribution in [-0.2, 0) is 6.42 Å². The molecule has 0 spiro atoms. The van der Waals surface area contributed by atoms with Crippen molar-refractivity contribution in [3.63, 3.8) is 0 Å². The molecule has 100 valence electrons. The van der Waals surface area contributed by atoms with E-state index in [1.165, 1.54) is 23.3 Å². The largest absolute Gasteiger partial charge is 0.293 e. The number of hydrogen-bond acceptors (Lipinski definition) is 5. The third-order valence-electron chi connectivity index (χ3n) is 2.54. The van der Waals surface area contributed by atoms with E-state index >= 15 is 0 Å². The van der Waals surface area contributed by atoms with Crippen molar-refractivity contribution in [2.24, 2.45) is 0 Å². The summed E-state index contributed by atoms with van der Waals surface area (Å²) in [6.45, 7) is 3.90. The molecule has 0 amide bonds. The van der Waals surface area contributed by atoms with Gasteiger partial charge in [-0.2, -0.15) is 4.37 Å². The minimum atomic E-state index is -0.182. The van der Waals surface area contributed by atoms with Gasteiger partial charge in [0.1, 0.15) is 5.82 Å². The number of aryl methyl sites for hydroxylation is 1. The lowest BCUT2D eigenvalue weighted by Crippen LogP contribution is -2.13. The first kappa shape index (κ1) is 14.5. The highest BCUT2D eigenvalue weighted by atomic mass is 35.5. The van der Waals surface area contributed by atoms with Gasteiger partial charge in [-0.3, -0.25) is 4.79 Å². The van der Waals surface area contributed by atoms with Gasteiger partial charge in [0.05, 0.1) is 5.25 Å². The van der Waals surface area contributed by atoms with Crippen molar-refractivity contribution in [1.29, 1.82) is 0 Å². The lowest BCUT2D eigenvalue weighted by Gasteiger charge is -2.07. The molecule has 0 fully saturated rings. The molecule has 0 saturated carbocycles. The molecule has 0 aliphatic rings. The summed E-state index contributed by atoms with van der Waals surface area (Å²) in [7, 11) is 0. The summed E-state index contributed by atoms with van der Waals surface area (Å²) in [5.41, 5.74) is 0.671. The Morgan fingerprint density at radius 1 is 1.42 bits per heavy atom. The molecule has 0 aliphatic heterocycles. The molecule has 0 radical (unpaired) electrons. The van der Waals surface area contributed by atoms with Gasteiger partial charge < -0.3 is 0 Å². The van der Waals surface area contributed by atoms with Crippen LogP contribution in [0.4, 0.5) is 0 Å². The average Bonchev–Trinajstić information content (AvgIpc) is 2.86. The summed E-state index contributed by atoms with van der Waals surface area (Å²) in [6, 6.07) is 6.96. The van der Waals surface area contributed by atoms with Crippen LogP contribution in [0, 0.1) is 0 Å². The van der Waals surface area contributed by atoms with Gasteiger partial charge in [0, 0.05) is 17.0 Å². The highest BCUT2D eigenvalue weighted by molar-refractivity contribution is 8.02. The van der Waals surface area contributed by atoms with E-state index in [9.17, 15) is 4.79 Å². The zero-order chi connectivity index (χ0) is 13.8. The predicted molar refractivity (Wildman–Crippen MR) is 80.4 cm³/mol. The minimum Gasteiger partial charge on any atom is -0.293 e. The molecule has 2 rings (SSSR count). The Morgan fingerprint density at radius 3 is 2.68 bits per heavy atom. The lowest BCUT2D eigenvalue weighted by molar-refractivity contribution is 0.0994. The van der Waals surface area contributed by atoms with E-state index in [-0.39, 0.29) is 11.0 Å². The lowest BCUT2D eigenvalue weighted by atomic mass is 10.1. The zero-order valence-electron chi connectivity index (χ0n) is 10.6. The molecule has 1 heterocycles. The topological polar surface area (TPSA) is 42.9 Å². The Labute approximate surface area is 125 Å². The molecule has 6 heteroatoms. The quantitative estimate of drug-likeness (QED) is 0.615. The Balaban J connectivity index is 2.04. The summed E-state index contributed by atoms with van der Waals surface area (Å²) in [6.07, 6.45) is 0.816. The van der Waals surface area contributed by atoms with Crippen LogP contribution in [0.3, 0.4) is 0 Å². The number of aromatic nitrogens is 2. The van der Waals surface area contributed by atoms with Gasteiger partial charge in [-0.1, -0.05) is 30.3 Å². The predicted octanol–water partition coefficient (Wildman–Crippen LogP) is 4.12. The number of hydrogen-bond donors (Lipinski definition) is 0. The van der Waals surface area contributed by atoms with Crippen molar-refractivity contribution in [2.75, 3.05) is 0 Å². The number of carbonyl (C=O) groups is 1. The minimum absolute atomic E-state index is 0.0786. The average molecular weight is 313 g/mol. The van der Waals surface area contributed by atoms with Crippen molar-refractivity contribution in [2.45, 2.75) is 29.9 Å². The van der Waals surface area contributed by atoms with E-state index in [0.29, 0.717) is 10.6 Å². The fraction of sp³-hybridized carbons (Fsp3) is 0.308. The molecule has 1 atom stereocenters. The smallest absolute Gasteiger partial charge is 0.175 e. The fourth-order valence-corrected chi connectivity index (χ4v) is 3.53. The second kappa shape index (κ2) is 6.50. The summed E-state index contributed by atoms with van der Waals surface area (Å²) in [5.74, 6) is 0.911. The normalized spacial score (nSPS) is 12.4. The summed E-state index contributed by atoms with van der Waals surface area (Å²) < 4.78 is 5.05. The van der Waals surface area contributed by atoms with E-state index in [2.05, 4.69) is 9.36 Å². The van der Waals surface area contributed by atoms with Gasteiger partial charge in [0.15, 0.2) is 10.1 Å². The van der Waals surface area contributed by atoms with Gasteiger partial charge in [0.25, 0.3) is 0 Å². The van der Waals surface area contributed by atoms with Gasteiger partial charge in [-0.25, -0.2) is 4.98 Å². The van der Waals surface area contributed by atoms with Crippen molar-refractivity contribution in [1.82, 2.24) is 9.36 Å². The van der Waals surface area contributed by atoms with E-state index < -0.39 is 0 Å². The maximum Gasteiger partial charge on any atom is 0.175 e. The van der Waals surface area contributed by atoms with Crippen LogP contribution in [0.25, 0.3) is 0 Å². The highest BCUT2D eigenvalue weighted by Crippen LogP contribution is 2.27. The third-order valence-corrected chi connectivity index (χ3v) is 4.72. The van der Waals surface area contributed by atoms with E-state index in [4.69, 9.17) is 11.6 Å². The molecule has 0 bridgehead atoms. The van der Waals surface area contributed by atoms with Crippen molar-refractivity contribution < 1.29 is 4.79 Å². The van der Waals surface area contributed by atoms with Crippen LogP contribution < -0.4 is 0 Å². The summed E-state index contributed by atoms with van der Waals surface area (Å²) in [5, 5.41) is 0.451. The van der Waals surface area contributed by atoms with Gasteiger partial charge in [0.2, 0.25) is 0 Å². The molecule has 1 aromatic carbocycles. The van der Waals surface area contributed by atoms with Crippen molar-refractivity contribution in [3.8, 4) is 0 Å². The maximum absolute atomic E-state index is 12.2. The van der Waals surface area contributed by atoms with Gasteiger partial charge in [-0.15, -0.1) is 0 Å². The number of ketones is 1. The van der Waals surface area contributed by atoms with Crippen LogP contribution >= 0.6 is 34.9 Å². The highest BCUT2D eigenvalue weighted by Gasteiger charge is 2.18. The molecular formula is C13H13ClN2OS2. The van der Waals surface area contributed by atoms with E-state index in [1.54, 1.807) is 24.3 Å². The number of thioether (sulfide) groups is 1. The molecule has 0 N–H and O–H groups in total. The first-order valence-electron chi connectivity index (χ1n) is 5.89. The fourth-order valence-electron chi connectivity index (χ4n) is 1.48. The van der Waals surface area contributed by atoms with Crippen molar-refractivity contribution in [3.05, 3.63) is 40.7 Å². The second-order valence-electron chi connectivity index (χ2n) is 3.96. The molecule has 1 unspecified atom stereocenters. The van der Waals surface area contributed by atoms with Crippen LogP contribution in [0.5, 0.6) is 0 Å². The number of rotatable bonds is 5. The number of carbonyl (C=O) groups excluding carboxylic acids is 1. The van der Waals surface area contributed by atoms with E-state index in [1.807, 2.05) is 13.8 Å². The number of halogens is 1. The first-order valence-corrected chi connectivity index (χ1v) is 7.92. The third kappa shape index (κ3) is 3.78. The standard InChI is InChI=1S/C13H13ClN2OS2/c1-3-11-15-13(19-16-11)18-8(2)12(17)9-4-6-10(14)7-5-9/h4-8H,3H2,1-2H3. The number of benzene rings is 1. The zero-order valence-corrected chi connectivity index (χ0v) is 13.0. The molecule has 0 saturated heterocycles. The molecule has 19 heavy (non-hydrogen) atoms. The van der Waals surface area contributed by atoms with Crippen LogP contribution in [0.15, 0.2) is 28.6 Å². The van der Waals surface area contributed by atoms with Gasteiger partial charge in [-0.05, 0) is 42.7 Å². The van der Waals surface area contributed by atoms with Crippen LogP contribution in [-0.4, -0.2) is 20.4 Å². The Morgan fingerprint density at radius 2 is 2.11 bits per heavy atom. The first-order chi connectivity index (χ1) is 9.10. The monoisotopic (exact) mass is 312 g/mol. The molecule has 3 nitrogen and oxygen atoms in total. The summed E-state index contributed by atoms with van der Waals surface area (Å²) in [4.78, 5) is 16.6. The van der Waals surface area contributed by atoms with Crippen molar-refractivity contribution >= 4 is 40.7 Å². The van der Waals surface area contributed by atoms with E-state index in [0.717, 1.165) is 16.6 Å². The molecule has 0 aliphatic carbocycles. The second-order valence-corrected chi connectivity index (χ2v) is 6.74. The Kier molecular flexibility index (Phi) is 4.96. The molecular weight excluding hydrogens is 300 g/mol. The number of nitrogens with zero attached hydrogens (tertiary/aromatic N) is 2. The van der Waals surface area contributed by atoms with Gasteiger partial charge >= 0.3 is 0 Å². The summed E-state index contributed by atoms with van der Waals surface area (Å²) >= 11 is 8.61. The SMILES string of the molecule is CCc1nsc(SC(C)C(=O)c2ccc(Cl)cc2)n1. The molecule has 1 aromatic heterocycles. The molecule has 2 aromatic rings. The van der Waals surface area contributed by atoms with Crippen LogP contribution in [0.2, 0.25) is 5.02 Å².